The zero-order valence-electron chi connectivity index (χ0n) is 13.1. The van der Waals surface area contributed by atoms with Crippen molar-refractivity contribution in [2.75, 3.05) is 24.5 Å². The molecule has 1 aliphatic rings. The fraction of sp³-hybridized carbons (Fsp3) is 0.786. The van der Waals surface area contributed by atoms with Gasteiger partial charge < -0.3 is 10.2 Å². The smallest absolute Gasteiger partial charge is 0.333 e. The first-order valence-electron chi connectivity index (χ1n) is 7.78. The monoisotopic (exact) mass is 295 g/mol. The first-order valence-corrected chi connectivity index (χ1v) is 7.78. The number of nitrogens with one attached hydrogen (secondary N) is 1. The maximum atomic E-state index is 11.4. The summed E-state index contributed by atoms with van der Waals surface area (Å²) in [6, 6.07) is 0.412. The van der Waals surface area contributed by atoms with Gasteiger partial charge in [0.1, 0.15) is 5.69 Å². The second-order valence-electron chi connectivity index (χ2n) is 5.57. The second kappa shape index (κ2) is 6.89. The summed E-state index contributed by atoms with van der Waals surface area (Å²) in [6.45, 7) is 9.10. The molecule has 1 N–H and O–H groups in total. The predicted octanol–water partition coefficient (Wildman–Crippen LogP) is 2.09. The number of aromatic nitrogens is 2. The molecule has 1 aliphatic heterocycles. The molecule has 0 aromatic carbocycles. The lowest BCUT2D eigenvalue weighted by Gasteiger charge is -2.26. The molecular formula is C14H25N5O2. The van der Waals surface area contributed by atoms with Crippen molar-refractivity contribution in [3.63, 3.8) is 0 Å². The van der Waals surface area contributed by atoms with E-state index in [4.69, 9.17) is 0 Å². The summed E-state index contributed by atoms with van der Waals surface area (Å²) in [6.07, 6.45) is 3.22. The summed E-state index contributed by atoms with van der Waals surface area (Å²) in [4.78, 5) is 13.2. The maximum Gasteiger partial charge on any atom is 0.333 e. The Morgan fingerprint density at radius 1 is 1.52 bits per heavy atom. The van der Waals surface area contributed by atoms with Crippen LogP contribution >= 0.6 is 0 Å². The van der Waals surface area contributed by atoms with Crippen molar-refractivity contribution in [3.05, 3.63) is 15.8 Å². The molecule has 1 unspecified atom stereocenters. The van der Waals surface area contributed by atoms with Gasteiger partial charge in [0.15, 0.2) is 0 Å². The van der Waals surface area contributed by atoms with E-state index in [0.717, 1.165) is 32.5 Å². The van der Waals surface area contributed by atoms with Crippen LogP contribution < -0.4 is 10.2 Å². The van der Waals surface area contributed by atoms with Crippen LogP contribution in [0.25, 0.3) is 0 Å². The molecule has 1 fully saturated rings. The average molecular weight is 295 g/mol. The van der Waals surface area contributed by atoms with Crippen LogP contribution in [0, 0.1) is 17.0 Å². The molecule has 7 heteroatoms. The van der Waals surface area contributed by atoms with E-state index >= 15 is 0 Å². The Kier molecular flexibility index (Phi) is 5.17. The Morgan fingerprint density at radius 2 is 2.29 bits per heavy atom. The van der Waals surface area contributed by atoms with Crippen molar-refractivity contribution in [1.29, 1.82) is 0 Å². The molecule has 0 radical (unpaired) electrons. The van der Waals surface area contributed by atoms with Crippen molar-refractivity contribution >= 4 is 11.5 Å². The van der Waals surface area contributed by atoms with Crippen molar-refractivity contribution in [3.8, 4) is 0 Å². The molecule has 1 atom stereocenters. The minimum atomic E-state index is -0.297. The normalized spacial score (nSPS) is 18.1. The van der Waals surface area contributed by atoms with Gasteiger partial charge in [-0.1, -0.05) is 6.92 Å². The fourth-order valence-corrected chi connectivity index (χ4v) is 3.00. The van der Waals surface area contributed by atoms with Crippen LogP contribution in [0.2, 0.25) is 0 Å². The van der Waals surface area contributed by atoms with Gasteiger partial charge in [0.05, 0.1) is 4.92 Å². The maximum absolute atomic E-state index is 11.4. The van der Waals surface area contributed by atoms with Gasteiger partial charge in [0, 0.05) is 25.7 Å². The van der Waals surface area contributed by atoms with Gasteiger partial charge in [-0.25, -0.2) is 4.68 Å². The second-order valence-corrected chi connectivity index (χ2v) is 5.57. The van der Waals surface area contributed by atoms with Crippen molar-refractivity contribution in [2.24, 2.45) is 0 Å². The molecule has 7 nitrogen and oxygen atoms in total. The quantitative estimate of drug-likeness (QED) is 0.615. The lowest BCUT2D eigenvalue weighted by atomic mass is 10.2. The summed E-state index contributed by atoms with van der Waals surface area (Å²) < 4.78 is 1.80. The molecule has 0 amide bonds. The number of aryl methyl sites for hydroxylation is 2. The molecule has 2 rings (SSSR count). The lowest BCUT2D eigenvalue weighted by molar-refractivity contribution is -0.384. The number of anilines is 1. The summed E-state index contributed by atoms with van der Waals surface area (Å²) in [5, 5.41) is 19.3. The molecule has 2 heterocycles. The molecule has 1 aromatic heterocycles. The van der Waals surface area contributed by atoms with Gasteiger partial charge in [0.2, 0.25) is 5.82 Å². The number of hydrogen-bond acceptors (Lipinski definition) is 5. The third-order valence-corrected chi connectivity index (χ3v) is 3.97. The zero-order valence-corrected chi connectivity index (χ0v) is 13.1. The summed E-state index contributed by atoms with van der Waals surface area (Å²) in [5.41, 5.74) is 0.657. The number of rotatable bonds is 7. The third kappa shape index (κ3) is 3.34. The SMILES string of the molecule is CCCn1nc(C)c([N+](=O)[O-])c1N(CC)CC1CCCN1. The van der Waals surface area contributed by atoms with Gasteiger partial charge in [-0.15, -0.1) is 0 Å². The molecular weight excluding hydrogens is 270 g/mol. The molecule has 21 heavy (non-hydrogen) atoms. The van der Waals surface area contributed by atoms with Gasteiger partial charge in [-0.2, -0.15) is 5.10 Å². The summed E-state index contributed by atoms with van der Waals surface area (Å²) in [5.74, 6) is 0.663. The van der Waals surface area contributed by atoms with E-state index in [1.807, 2.05) is 6.92 Å². The van der Waals surface area contributed by atoms with Crippen LogP contribution in [0.3, 0.4) is 0 Å². The molecule has 0 saturated carbocycles. The Balaban J connectivity index is 2.34. The Bertz CT molecular complexity index is 494. The highest BCUT2D eigenvalue weighted by Crippen LogP contribution is 2.32. The number of hydrogen-bond donors (Lipinski definition) is 1. The van der Waals surface area contributed by atoms with Crippen LogP contribution in [0.5, 0.6) is 0 Å². The molecule has 1 aromatic rings. The zero-order chi connectivity index (χ0) is 15.4. The van der Waals surface area contributed by atoms with Crippen molar-refractivity contribution in [2.45, 2.75) is 52.6 Å². The first-order chi connectivity index (χ1) is 10.1. The van der Waals surface area contributed by atoms with Gasteiger partial charge in [-0.05, 0) is 39.7 Å². The largest absolute Gasteiger partial charge is 0.350 e. The standard InChI is InChI=1S/C14H25N5O2/c1-4-9-18-14(13(19(20)21)11(3)16-18)17(5-2)10-12-7-6-8-15-12/h12,15H,4-10H2,1-3H3. The predicted molar refractivity (Wildman–Crippen MR) is 82.8 cm³/mol. The average Bonchev–Trinajstić information content (AvgIpc) is 3.04. The van der Waals surface area contributed by atoms with E-state index in [1.165, 1.54) is 6.42 Å². The van der Waals surface area contributed by atoms with Crippen LogP contribution in [-0.4, -0.2) is 40.4 Å². The van der Waals surface area contributed by atoms with E-state index in [-0.39, 0.29) is 10.6 Å². The van der Waals surface area contributed by atoms with Crippen LogP contribution in [0.1, 0.15) is 38.8 Å². The fourth-order valence-electron chi connectivity index (χ4n) is 3.00. The van der Waals surface area contributed by atoms with Crippen molar-refractivity contribution < 1.29 is 4.92 Å². The van der Waals surface area contributed by atoms with Crippen LogP contribution in [0.15, 0.2) is 0 Å². The minimum absolute atomic E-state index is 0.156. The van der Waals surface area contributed by atoms with E-state index in [9.17, 15) is 10.1 Å². The van der Waals surface area contributed by atoms with Gasteiger partial charge in [0.25, 0.3) is 0 Å². The highest BCUT2D eigenvalue weighted by Gasteiger charge is 2.30. The van der Waals surface area contributed by atoms with Gasteiger partial charge in [-0.3, -0.25) is 10.1 Å². The topological polar surface area (TPSA) is 76.2 Å². The molecule has 0 spiro atoms. The third-order valence-electron chi connectivity index (χ3n) is 3.97. The Morgan fingerprint density at radius 3 is 2.81 bits per heavy atom. The van der Waals surface area contributed by atoms with Crippen LogP contribution in [0.4, 0.5) is 11.5 Å². The minimum Gasteiger partial charge on any atom is -0.350 e. The lowest BCUT2D eigenvalue weighted by Crippen LogP contribution is -2.38. The Hall–Kier alpha value is -1.63. The number of nitro groups is 1. The summed E-state index contributed by atoms with van der Waals surface area (Å²) >= 11 is 0. The van der Waals surface area contributed by atoms with Crippen LogP contribution in [-0.2, 0) is 6.54 Å². The summed E-state index contributed by atoms with van der Waals surface area (Å²) in [7, 11) is 0. The number of nitrogens with zero attached hydrogens (tertiary/aromatic N) is 4. The highest BCUT2D eigenvalue weighted by molar-refractivity contribution is 5.61. The Labute approximate surface area is 125 Å². The highest BCUT2D eigenvalue weighted by atomic mass is 16.6. The van der Waals surface area contributed by atoms with E-state index < -0.39 is 0 Å². The van der Waals surface area contributed by atoms with E-state index in [1.54, 1.807) is 11.6 Å². The number of likely N-dealkylation sites (N-methyl/N-ethyl adjacent to an activating group) is 1. The first kappa shape index (κ1) is 15.8. The van der Waals surface area contributed by atoms with E-state index in [0.29, 0.717) is 24.1 Å². The molecule has 0 aliphatic carbocycles. The van der Waals surface area contributed by atoms with Gasteiger partial charge >= 0.3 is 5.69 Å². The van der Waals surface area contributed by atoms with Crippen molar-refractivity contribution in [1.82, 2.24) is 15.1 Å². The van der Waals surface area contributed by atoms with E-state index in [2.05, 4.69) is 22.2 Å². The molecule has 0 bridgehead atoms. The molecule has 118 valence electrons. The molecule has 1 saturated heterocycles.